The van der Waals surface area contributed by atoms with Crippen LogP contribution in [-0.4, -0.2) is 90.5 Å². The van der Waals surface area contributed by atoms with Crippen LogP contribution >= 0.6 is 0 Å². The smallest absolute Gasteiger partial charge is 0.239 e. The molecule has 0 saturated carbocycles. The van der Waals surface area contributed by atoms with Gasteiger partial charge in [0.2, 0.25) is 5.91 Å². The topological polar surface area (TPSA) is 42.9 Å². The third-order valence-corrected chi connectivity index (χ3v) is 7.10. The van der Waals surface area contributed by atoms with E-state index < -0.39 is 0 Å². The summed E-state index contributed by atoms with van der Waals surface area (Å²) >= 11 is 0. The molecular weight excluding hydrogens is 374 g/mol. The van der Waals surface area contributed by atoms with Crippen LogP contribution in [0.1, 0.15) is 45.4 Å². The lowest BCUT2D eigenvalue weighted by molar-refractivity contribution is -0.140. The van der Waals surface area contributed by atoms with Gasteiger partial charge in [0.15, 0.2) is 0 Å². The molecule has 4 rings (SSSR count). The van der Waals surface area contributed by atoms with Crippen LogP contribution in [0.2, 0.25) is 0 Å². The van der Waals surface area contributed by atoms with E-state index in [1.807, 2.05) is 12.3 Å². The van der Waals surface area contributed by atoms with Crippen molar-refractivity contribution in [2.75, 3.05) is 63.8 Å². The fourth-order valence-electron chi connectivity index (χ4n) is 5.52. The van der Waals surface area contributed by atoms with Gasteiger partial charge in [-0.15, -0.1) is 0 Å². The Labute approximate surface area is 182 Å². The van der Waals surface area contributed by atoms with Crippen LogP contribution < -0.4 is 4.90 Å². The first-order valence-corrected chi connectivity index (χ1v) is 12.2. The summed E-state index contributed by atoms with van der Waals surface area (Å²) in [4.78, 5) is 27.5. The first kappa shape index (κ1) is 21.6. The van der Waals surface area contributed by atoms with E-state index in [9.17, 15) is 4.79 Å². The molecule has 2 atom stereocenters. The first-order valence-electron chi connectivity index (χ1n) is 12.2. The molecule has 30 heavy (non-hydrogen) atoms. The minimum atomic E-state index is 0.138. The molecule has 3 fully saturated rings. The van der Waals surface area contributed by atoms with Crippen molar-refractivity contribution in [1.82, 2.24) is 19.7 Å². The van der Waals surface area contributed by atoms with E-state index in [4.69, 9.17) is 0 Å². The highest BCUT2D eigenvalue weighted by Gasteiger charge is 2.34. The molecule has 0 aromatic carbocycles. The van der Waals surface area contributed by atoms with Gasteiger partial charge in [-0.1, -0.05) is 19.4 Å². The quantitative estimate of drug-likeness (QED) is 0.717. The SMILES string of the molecule is CCCN1CCCCC1C(=O)N1CCCC(CN2CCN(c3ccccn3)CC2)C1. The predicted octanol–water partition coefficient (Wildman–Crippen LogP) is 2.71. The third kappa shape index (κ3) is 5.33. The number of amides is 1. The number of likely N-dealkylation sites (tertiary alicyclic amines) is 2. The average Bonchev–Trinajstić information content (AvgIpc) is 2.80. The van der Waals surface area contributed by atoms with Crippen LogP contribution in [0.3, 0.4) is 0 Å². The number of rotatable bonds is 6. The van der Waals surface area contributed by atoms with Gasteiger partial charge in [-0.2, -0.15) is 0 Å². The number of aromatic nitrogens is 1. The number of piperazine rings is 1. The molecule has 0 aliphatic carbocycles. The summed E-state index contributed by atoms with van der Waals surface area (Å²) < 4.78 is 0. The van der Waals surface area contributed by atoms with Crippen LogP contribution in [0.25, 0.3) is 0 Å². The van der Waals surface area contributed by atoms with E-state index in [0.29, 0.717) is 11.8 Å². The fourth-order valence-corrected chi connectivity index (χ4v) is 5.52. The fraction of sp³-hybridized carbons (Fsp3) is 0.750. The van der Waals surface area contributed by atoms with Crippen molar-refractivity contribution < 1.29 is 4.79 Å². The Morgan fingerprint density at radius 2 is 1.90 bits per heavy atom. The summed E-state index contributed by atoms with van der Waals surface area (Å²) in [6.45, 7) is 11.7. The van der Waals surface area contributed by atoms with Gasteiger partial charge in [0.25, 0.3) is 0 Å². The minimum absolute atomic E-state index is 0.138. The molecule has 0 N–H and O–H groups in total. The zero-order valence-corrected chi connectivity index (χ0v) is 18.7. The summed E-state index contributed by atoms with van der Waals surface area (Å²) in [5, 5.41) is 0. The highest BCUT2D eigenvalue weighted by molar-refractivity contribution is 5.82. The molecule has 6 heteroatoms. The zero-order valence-electron chi connectivity index (χ0n) is 18.7. The van der Waals surface area contributed by atoms with Gasteiger partial charge in [0.1, 0.15) is 5.82 Å². The number of hydrogen-bond donors (Lipinski definition) is 0. The number of carbonyl (C=O) groups excluding carboxylic acids is 1. The summed E-state index contributed by atoms with van der Waals surface area (Å²) in [7, 11) is 0. The van der Waals surface area contributed by atoms with E-state index >= 15 is 0 Å². The number of hydrogen-bond acceptors (Lipinski definition) is 5. The maximum absolute atomic E-state index is 13.3. The van der Waals surface area contributed by atoms with Crippen molar-refractivity contribution in [3.8, 4) is 0 Å². The molecule has 0 spiro atoms. The molecule has 1 amide bonds. The monoisotopic (exact) mass is 413 g/mol. The number of nitrogens with zero attached hydrogens (tertiary/aromatic N) is 5. The molecule has 1 aromatic heterocycles. The van der Waals surface area contributed by atoms with Gasteiger partial charge in [-0.25, -0.2) is 4.98 Å². The standard InChI is InChI=1S/C24H39N5O/c1-2-12-27-13-6-4-9-22(27)24(30)29-14-7-8-21(20-29)19-26-15-17-28(18-16-26)23-10-3-5-11-25-23/h3,5,10-11,21-22H,2,4,6-9,12-20H2,1H3. The Morgan fingerprint density at radius 1 is 1.03 bits per heavy atom. The zero-order chi connectivity index (χ0) is 20.8. The first-order chi connectivity index (χ1) is 14.7. The largest absolute Gasteiger partial charge is 0.354 e. The Balaban J connectivity index is 1.26. The highest BCUT2D eigenvalue weighted by atomic mass is 16.2. The lowest BCUT2D eigenvalue weighted by Gasteiger charge is -2.42. The van der Waals surface area contributed by atoms with Crippen molar-refractivity contribution in [2.24, 2.45) is 5.92 Å². The van der Waals surface area contributed by atoms with Crippen LogP contribution in [0.4, 0.5) is 5.82 Å². The summed E-state index contributed by atoms with van der Waals surface area (Å²) in [5.41, 5.74) is 0. The van der Waals surface area contributed by atoms with Crippen molar-refractivity contribution in [3.05, 3.63) is 24.4 Å². The lowest BCUT2D eigenvalue weighted by Crippen LogP contribution is -2.54. The van der Waals surface area contributed by atoms with Crippen LogP contribution in [0.5, 0.6) is 0 Å². The van der Waals surface area contributed by atoms with Gasteiger partial charge >= 0.3 is 0 Å². The molecule has 0 radical (unpaired) electrons. The van der Waals surface area contributed by atoms with Crippen molar-refractivity contribution in [3.63, 3.8) is 0 Å². The van der Waals surface area contributed by atoms with Gasteiger partial charge in [-0.3, -0.25) is 14.6 Å². The van der Waals surface area contributed by atoms with E-state index in [0.717, 1.165) is 84.0 Å². The number of piperidine rings is 2. The normalized spacial score (nSPS) is 26.7. The average molecular weight is 414 g/mol. The summed E-state index contributed by atoms with van der Waals surface area (Å²) in [6, 6.07) is 6.29. The van der Waals surface area contributed by atoms with Gasteiger partial charge in [0, 0.05) is 52.0 Å². The second kappa shape index (κ2) is 10.6. The van der Waals surface area contributed by atoms with Crippen LogP contribution in [-0.2, 0) is 4.79 Å². The number of pyridine rings is 1. The summed E-state index contributed by atoms with van der Waals surface area (Å²) in [5.74, 6) is 2.12. The lowest BCUT2D eigenvalue weighted by atomic mass is 9.94. The Bertz CT molecular complexity index is 659. The third-order valence-electron chi connectivity index (χ3n) is 7.10. The molecule has 4 heterocycles. The second-order valence-corrected chi connectivity index (χ2v) is 9.32. The van der Waals surface area contributed by atoms with E-state index in [1.54, 1.807) is 0 Å². The number of anilines is 1. The predicted molar refractivity (Wildman–Crippen MR) is 122 cm³/mol. The summed E-state index contributed by atoms with van der Waals surface area (Å²) in [6.07, 6.45) is 8.93. The molecule has 3 aliphatic heterocycles. The van der Waals surface area contributed by atoms with E-state index in [2.05, 4.69) is 43.6 Å². The van der Waals surface area contributed by atoms with Gasteiger partial charge in [0.05, 0.1) is 6.04 Å². The molecule has 1 aromatic rings. The Morgan fingerprint density at radius 3 is 2.67 bits per heavy atom. The van der Waals surface area contributed by atoms with Gasteiger partial charge in [-0.05, 0) is 63.2 Å². The molecule has 0 bridgehead atoms. The Kier molecular flexibility index (Phi) is 7.61. The maximum atomic E-state index is 13.3. The van der Waals surface area contributed by atoms with Crippen LogP contribution in [0, 0.1) is 5.92 Å². The van der Waals surface area contributed by atoms with Crippen molar-refractivity contribution in [1.29, 1.82) is 0 Å². The van der Waals surface area contributed by atoms with Crippen molar-refractivity contribution in [2.45, 2.75) is 51.5 Å². The Hall–Kier alpha value is -1.66. The van der Waals surface area contributed by atoms with Gasteiger partial charge < -0.3 is 9.80 Å². The highest BCUT2D eigenvalue weighted by Crippen LogP contribution is 2.24. The molecule has 2 unspecified atom stereocenters. The van der Waals surface area contributed by atoms with Crippen LogP contribution in [0.15, 0.2) is 24.4 Å². The molecular formula is C24H39N5O. The second-order valence-electron chi connectivity index (χ2n) is 9.32. The van der Waals surface area contributed by atoms with Crippen molar-refractivity contribution >= 4 is 11.7 Å². The maximum Gasteiger partial charge on any atom is 0.239 e. The molecule has 3 aliphatic rings. The number of carbonyl (C=O) groups is 1. The minimum Gasteiger partial charge on any atom is -0.354 e. The molecule has 166 valence electrons. The van der Waals surface area contributed by atoms with E-state index in [1.165, 1.54) is 19.3 Å². The molecule has 3 saturated heterocycles. The van der Waals surface area contributed by atoms with E-state index in [-0.39, 0.29) is 6.04 Å². The molecule has 6 nitrogen and oxygen atoms in total.